The number of hydrogen-bond donors (Lipinski definition) is 2. The molecule has 0 fully saturated rings. The molecule has 1 amide bonds. The van der Waals surface area contributed by atoms with E-state index in [1.54, 1.807) is 0 Å². The van der Waals surface area contributed by atoms with Gasteiger partial charge in [-0.2, -0.15) is 0 Å². The zero-order valence-electron chi connectivity index (χ0n) is 13.4. The lowest BCUT2D eigenvalue weighted by atomic mass is 9.87. The summed E-state index contributed by atoms with van der Waals surface area (Å²) in [4.78, 5) is 11.7. The predicted molar refractivity (Wildman–Crippen MR) is 83.1 cm³/mol. The van der Waals surface area contributed by atoms with Crippen LogP contribution in [0.3, 0.4) is 0 Å². The minimum atomic E-state index is -0.0236. The molecule has 19 heavy (non-hydrogen) atoms. The van der Waals surface area contributed by atoms with Gasteiger partial charge in [-0.15, -0.1) is 0 Å². The number of nitrogens with two attached hydrogens (primary N) is 1. The molecule has 1 atom stereocenters. The molecule has 0 heterocycles. The molecule has 0 rings (SSSR count). The van der Waals surface area contributed by atoms with Gasteiger partial charge >= 0.3 is 0 Å². The molecule has 0 aromatic carbocycles. The van der Waals surface area contributed by atoms with Gasteiger partial charge in [0.25, 0.3) is 0 Å². The second-order valence-corrected chi connectivity index (χ2v) is 6.85. The summed E-state index contributed by atoms with van der Waals surface area (Å²) in [5.41, 5.74) is 6.18. The summed E-state index contributed by atoms with van der Waals surface area (Å²) in [5.74, 6) is 0.102. The highest BCUT2D eigenvalue weighted by Crippen LogP contribution is 2.20. The van der Waals surface area contributed by atoms with E-state index in [-0.39, 0.29) is 17.4 Å². The number of rotatable bonds is 10. The molecule has 0 aromatic rings. The van der Waals surface area contributed by atoms with Crippen LogP contribution in [0.5, 0.6) is 0 Å². The van der Waals surface area contributed by atoms with Crippen LogP contribution in [0.1, 0.15) is 79.1 Å². The Morgan fingerprint density at radius 2 is 1.68 bits per heavy atom. The van der Waals surface area contributed by atoms with E-state index in [0.29, 0.717) is 6.42 Å². The van der Waals surface area contributed by atoms with Crippen molar-refractivity contribution in [2.24, 2.45) is 11.1 Å². The van der Waals surface area contributed by atoms with Crippen molar-refractivity contribution < 1.29 is 4.79 Å². The lowest BCUT2D eigenvalue weighted by molar-refractivity contribution is -0.121. The highest BCUT2D eigenvalue weighted by molar-refractivity contribution is 5.76. The van der Waals surface area contributed by atoms with E-state index >= 15 is 0 Å². The maximum absolute atomic E-state index is 11.7. The Balaban J connectivity index is 3.49. The molecule has 3 nitrogen and oxygen atoms in total. The molecule has 0 spiro atoms. The van der Waals surface area contributed by atoms with E-state index in [2.05, 4.69) is 33.0 Å². The number of carbonyl (C=O) groups excluding carboxylic acids is 1. The normalized spacial score (nSPS) is 13.3. The van der Waals surface area contributed by atoms with Gasteiger partial charge in [0.2, 0.25) is 5.91 Å². The largest absolute Gasteiger partial charge is 0.356 e. The van der Waals surface area contributed by atoms with Gasteiger partial charge in [-0.1, -0.05) is 59.8 Å². The summed E-state index contributed by atoms with van der Waals surface area (Å²) < 4.78 is 0. The van der Waals surface area contributed by atoms with Crippen molar-refractivity contribution in [1.29, 1.82) is 0 Å². The van der Waals surface area contributed by atoms with E-state index in [0.717, 1.165) is 19.4 Å². The monoisotopic (exact) mass is 270 g/mol. The molecule has 0 aliphatic heterocycles. The summed E-state index contributed by atoms with van der Waals surface area (Å²) in [6, 6.07) is -0.0236. The number of amides is 1. The fraction of sp³-hybridized carbons (Fsp3) is 0.938. The smallest absolute Gasteiger partial charge is 0.221 e. The highest BCUT2D eigenvalue weighted by atomic mass is 16.1. The van der Waals surface area contributed by atoms with E-state index in [4.69, 9.17) is 5.73 Å². The van der Waals surface area contributed by atoms with Crippen LogP contribution in [0.2, 0.25) is 0 Å². The van der Waals surface area contributed by atoms with Crippen LogP contribution in [0.4, 0.5) is 0 Å². The minimum Gasteiger partial charge on any atom is -0.356 e. The molecular weight excluding hydrogens is 236 g/mol. The third-order valence-corrected chi connectivity index (χ3v) is 3.17. The molecule has 0 aliphatic rings. The van der Waals surface area contributed by atoms with Crippen molar-refractivity contribution in [3.05, 3.63) is 0 Å². The fourth-order valence-electron chi connectivity index (χ4n) is 2.30. The summed E-state index contributed by atoms with van der Waals surface area (Å²) in [5, 5.41) is 2.97. The molecule has 3 heteroatoms. The molecule has 0 saturated carbocycles. The molecule has 0 aromatic heterocycles. The summed E-state index contributed by atoms with van der Waals surface area (Å²) in [6.07, 6.45) is 8.85. The standard InChI is InChI=1S/C16H34N2O/c1-5-6-7-8-9-10-11-18-15(19)12-14(17)13-16(2,3)4/h14H,5-13,17H2,1-4H3,(H,18,19). The summed E-state index contributed by atoms with van der Waals surface area (Å²) in [7, 11) is 0. The highest BCUT2D eigenvalue weighted by Gasteiger charge is 2.17. The van der Waals surface area contributed by atoms with E-state index in [1.165, 1.54) is 32.1 Å². The van der Waals surface area contributed by atoms with Gasteiger partial charge in [0, 0.05) is 19.0 Å². The third kappa shape index (κ3) is 13.7. The third-order valence-electron chi connectivity index (χ3n) is 3.17. The predicted octanol–water partition coefficient (Wildman–Crippen LogP) is 3.62. The second kappa shape index (κ2) is 10.2. The molecule has 0 bridgehead atoms. The zero-order chi connectivity index (χ0) is 14.7. The van der Waals surface area contributed by atoms with E-state index in [9.17, 15) is 4.79 Å². The Labute approximate surface area is 119 Å². The molecule has 114 valence electrons. The first kappa shape index (κ1) is 18.4. The van der Waals surface area contributed by atoms with E-state index in [1.807, 2.05) is 0 Å². The Morgan fingerprint density at radius 1 is 1.11 bits per heavy atom. The summed E-state index contributed by atoms with van der Waals surface area (Å²) >= 11 is 0. The molecule has 1 unspecified atom stereocenters. The second-order valence-electron chi connectivity index (χ2n) is 6.85. The number of nitrogens with one attached hydrogen (secondary N) is 1. The van der Waals surface area contributed by atoms with Crippen LogP contribution in [-0.4, -0.2) is 18.5 Å². The SMILES string of the molecule is CCCCCCCCNC(=O)CC(N)CC(C)(C)C. The molecule has 0 aliphatic carbocycles. The molecule has 3 N–H and O–H groups in total. The zero-order valence-corrected chi connectivity index (χ0v) is 13.4. The molecule has 0 saturated heterocycles. The Morgan fingerprint density at radius 3 is 2.26 bits per heavy atom. The maximum Gasteiger partial charge on any atom is 0.221 e. The minimum absolute atomic E-state index is 0.0236. The van der Waals surface area contributed by atoms with Crippen LogP contribution in [0, 0.1) is 5.41 Å². The van der Waals surface area contributed by atoms with Crippen molar-refractivity contribution in [1.82, 2.24) is 5.32 Å². The first-order valence-corrected chi connectivity index (χ1v) is 7.87. The quantitative estimate of drug-likeness (QED) is 0.596. The van der Waals surface area contributed by atoms with Crippen LogP contribution in [-0.2, 0) is 4.79 Å². The maximum atomic E-state index is 11.7. The van der Waals surface area contributed by atoms with Crippen molar-refractivity contribution >= 4 is 5.91 Å². The first-order chi connectivity index (χ1) is 8.85. The van der Waals surface area contributed by atoms with Crippen molar-refractivity contribution in [3.63, 3.8) is 0 Å². The summed E-state index contributed by atoms with van der Waals surface area (Å²) in [6.45, 7) is 9.48. The average molecular weight is 270 g/mol. The number of hydrogen-bond acceptors (Lipinski definition) is 2. The van der Waals surface area contributed by atoms with E-state index < -0.39 is 0 Å². The molecular formula is C16H34N2O. The van der Waals surface area contributed by atoms with Gasteiger partial charge in [-0.05, 0) is 18.3 Å². The van der Waals surface area contributed by atoms with Gasteiger partial charge in [0.1, 0.15) is 0 Å². The van der Waals surface area contributed by atoms with Crippen LogP contribution in [0.25, 0.3) is 0 Å². The van der Waals surface area contributed by atoms with Crippen molar-refractivity contribution in [2.45, 2.75) is 85.1 Å². The Hall–Kier alpha value is -0.570. The van der Waals surface area contributed by atoms with Crippen LogP contribution < -0.4 is 11.1 Å². The van der Waals surface area contributed by atoms with Crippen molar-refractivity contribution in [3.8, 4) is 0 Å². The number of carbonyl (C=O) groups is 1. The van der Waals surface area contributed by atoms with Crippen LogP contribution in [0.15, 0.2) is 0 Å². The van der Waals surface area contributed by atoms with Gasteiger partial charge < -0.3 is 11.1 Å². The lowest BCUT2D eigenvalue weighted by Crippen LogP contribution is -2.34. The lowest BCUT2D eigenvalue weighted by Gasteiger charge is -2.22. The fourth-order valence-corrected chi connectivity index (χ4v) is 2.30. The average Bonchev–Trinajstić information content (AvgIpc) is 2.25. The number of unbranched alkanes of at least 4 members (excludes halogenated alkanes) is 5. The molecule has 0 radical (unpaired) electrons. The Bertz CT molecular complexity index is 233. The Kier molecular flexibility index (Phi) is 9.94. The van der Waals surface area contributed by atoms with Gasteiger partial charge in [0.05, 0.1) is 0 Å². The topological polar surface area (TPSA) is 55.1 Å². The van der Waals surface area contributed by atoms with Crippen LogP contribution >= 0.6 is 0 Å². The van der Waals surface area contributed by atoms with Gasteiger partial charge in [-0.25, -0.2) is 0 Å². The van der Waals surface area contributed by atoms with Crippen molar-refractivity contribution in [2.75, 3.05) is 6.54 Å². The van der Waals surface area contributed by atoms with Gasteiger partial charge in [-0.3, -0.25) is 4.79 Å². The first-order valence-electron chi connectivity index (χ1n) is 7.87. The van der Waals surface area contributed by atoms with Gasteiger partial charge in [0.15, 0.2) is 0 Å².